The van der Waals surface area contributed by atoms with Crippen LogP contribution in [-0.2, 0) is 0 Å². The Morgan fingerprint density at radius 3 is 2.75 bits per heavy atom. The average Bonchev–Trinajstić information content (AvgIpc) is 2.79. The molecule has 12 heavy (non-hydrogen) atoms. The molecule has 1 aliphatic rings. The minimum Gasteiger partial charge on any atom is -0.397 e. The van der Waals surface area contributed by atoms with Crippen molar-refractivity contribution >= 4 is 27.3 Å². The molecule has 0 heterocycles. The molecule has 0 spiro atoms. The second-order valence-electron chi connectivity index (χ2n) is 3.15. The summed E-state index contributed by atoms with van der Waals surface area (Å²) in [6.45, 7) is 0. The lowest BCUT2D eigenvalue weighted by Crippen LogP contribution is -2.03. The van der Waals surface area contributed by atoms with Crippen molar-refractivity contribution in [2.45, 2.75) is 18.9 Å². The summed E-state index contributed by atoms with van der Waals surface area (Å²) < 4.78 is 1.03. The van der Waals surface area contributed by atoms with Crippen LogP contribution in [0.2, 0.25) is 0 Å². The maximum absolute atomic E-state index is 5.80. The van der Waals surface area contributed by atoms with Gasteiger partial charge < -0.3 is 11.1 Å². The Hall–Kier alpha value is -0.700. The summed E-state index contributed by atoms with van der Waals surface area (Å²) >= 11 is 3.37. The standard InChI is InChI=1S/C9H11BrN2/c10-6-1-4-9(8(11)5-6)12-7-2-3-7/h1,4-5,7,12H,2-3,11H2. The average molecular weight is 227 g/mol. The van der Waals surface area contributed by atoms with Crippen molar-refractivity contribution in [2.24, 2.45) is 0 Å². The molecule has 1 aromatic rings. The Labute approximate surface area is 80.3 Å². The predicted octanol–water partition coefficient (Wildman–Crippen LogP) is 2.61. The summed E-state index contributed by atoms with van der Waals surface area (Å²) in [5, 5.41) is 3.37. The summed E-state index contributed by atoms with van der Waals surface area (Å²) in [5.41, 5.74) is 7.68. The van der Waals surface area contributed by atoms with E-state index in [2.05, 4.69) is 21.2 Å². The van der Waals surface area contributed by atoms with Crippen LogP contribution in [0.5, 0.6) is 0 Å². The highest BCUT2D eigenvalue weighted by molar-refractivity contribution is 9.10. The van der Waals surface area contributed by atoms with Crippen LogP contribution >= 0.6 is 15.9 Å². The Bertz CT molecular complexity index is 295. The van der Waals surface area contributed by atoms with Crippen molar-refractivity contribution in [2.75, 3.05) is 11.1 Å². The van der Waals surface area contributed by atoms with E-state index in [1.54, 1.807) is 0 Å². The van der Waals surface area contributed by atoms with E-state index in [0.29, 0.717) is 6.04 Å². The number of rotatable bonds is 2. The highest BCUT2D eigenvalue weighted by atomic mass is 79.9. The molecule has 0 bridgehead atoms. The van der Waals surface area contributed by atoms with Gasteiger partial charge in [0, 0.05) is 10.5 Å². The number of anilines is 2. The molecule has 0 atom stereocenters. The number of hydrogen-bond acceptors (Lipinski definition) is 2. The van der Waals surface area contributed by atoms with E-state index in [1.165, 1.54) is 12.8 Å². The van der Waals surface area contributed by atoms with Gasteiger partial charge >= 0.3 is 0 Å². The Morgan fingerprint density at radius 2 is 2.17 bits per heavy atom. The fraction of sp³-hybridized carbons (Fsp3) is 0.333. The molecular weight excluding hydrogens is 216 g/mol. The topological polar surface area (TPSA) is 38.0 Å². The number of hydrogen-bond donors (Lipinski definition) is 2. The first-order valence-corrected chi connectivity index (χ1v) is 4.86. The van der Waals surface area contributed by atoms with Gasteiger partial charge in [0.05, 0.1) is 11.4 Å². The molecule has 1 saturated carbocycles. The molecule has 0 radical (unpaired) electrons. The number of nitrogens with one attached hydrogen (secondary N) is 1. The molecule has 3 N–H and O–H groups in total. The minimum atomic E-state index is 0.661. The number of nitrogen functional groups attached to an aromatic ring is 1. The van der Waals surface area contributed by atoms with Crippen LogP contribution in [0.3, 0.4) is 0 Å². The zero-order chi connectivity index (χ0) is 8.55. The third-order valence-electron chi connectivity index (χ3n) is 1.95. The minimum absolute atomic E-state index is 0.661. The van der Waals surface area contributed by atoms with Crippen LogP contribution in [0.1, 0.15) is 12.8 Å². The molecule has 1 fully saturated rings. The maximum atomic E-state index is 5.80. The van der Waals surface area contributed by atoms with Gasteiger partial charge in [0.2, 0.25) is 0 Å². The number of halogens is 1. The lowest BCUT2D eigenvalue weighted by molar-refractivity contribution is 1.16. The maximum Gasteiger partial charge on any atom is 0.0576 e. The first kappa shape index (κ1) is 7.92. The van der Waals surface area contributed by atoms with Crippen molar-refractivity contribution in [3.05, 3.63) is 22.7 Å². The Kier molecular flexibility index (Phi) is 1.97. The highest BCUT2D eigenvalue weighted by Crippen LogP contribution is 2.29. The zero-order valence-corrected chi connectivity index (χ0v) is 8.26. The van der Waals surface area contributed by atoms with Crippen molar-refractivity contribution in [1.82, 2.24) is 0 Å². The molecule has 2 rings (SSSR count). The normalized spacial score (nSPS) is 16.1. The van der Waals surface area contributed by atoms with E-state index in [4.69, 9.17) is 5.73 Å². The van der Waals surface area contributed by atoms with Crippen LogP contribution in [0.15, 0.2) is 22.7 Å². The highest BCUT2D eigenvalue weighted by Gasteiger charge is 2.21. The van der Waals surface area contributed by atoms with E-state index < -0.39 is 0 Å². The smallest absolute Gasteiger partial charge is 0.0576 e. The lowest BCUT2D eigenvalue weighted by Gasteiger charge is -2.07. The van der Waals surface area contributed by atoms with E-state index in [0.717, 1.165) is 15.8 Å². The molecule has 1 aromatic carbocycles. The molecule has 0 unspecified atom stereocenters. The SMILES string of the molecule is Nc1cc(Br)ccc1NC1CC1. The molecule has 64 valence electrons. The zero-order valence-electron chi connectivity index (χ0n) is 6.68. The first-order chi connectivity index (χ1) is 5.75. The van der Waals surface area contributed by atoms with Crippen molar-refractivity contribution < 1.29 is 0 Å². The van der Waals surface area contributed by atoms with Gasteiger partial charge in [-0.15, -0.1) is 0 Å². The summed E-state index contributed by atoms with van der Waals surface area (Å²) in [4.78, 5) is 0. The second kappa shape index (κ2) is 2.98. The van der Waals surface area contributed by atoms with Crippen LogP contribution in [0, 0.1) is 0 Å². The van der Waals surface area contributed by atoms with Gasteiger partial charge in [-0.3, -0.25) is 0 Å². The molecule has 2 nitrogen and oxygen atoms in total. The second-order valence-corrected chi connectivity index (χ2v) is 4.07. The third kappa shape index (κ3) is 1.72. The molecule has 0 aliphatic heterocycles. The van der Waals surface area contributed by atoms with Crippen LogP contribution in [-0.4, -0.2) is 6.04 Å². The van der Waals surface area contributed by atoms with Gasteiger partial charge in [0.15, 0.2) is 0 Å². The fourth-order valence-corrected chi connectivity index (χ4v) is 1.49. The molecule has 1 aliphatic carbocycles. The van der Waals surface area contributed by atoms with Crippen molar-refractivity contribution in [3.8, 4) is 0 Å². The van der Waals surface area contributed by atoms with E-state index >= 15 is 0 Å². The van der Waals surface area contributed by atoms with Crippen LogP contribution in [0.25, 0.3) is 0 Å². The predicted molar refractivity (Wildman–Crippen MR) is 55.2 cm³/mol. The molecule has 0 aromatic heterocycles. The third-order valence-corrected chi connectivity index (χ3v) is 2.44. The Morgan fingerprint density at radius 1 is 1.42 bits per heavy atom. The summed E-state index contributed by atoms with van der Waals surface area (Å²) in [6, 6.07) is 6.59. The molecular formula is C9H11BrN2. The molecule has 3 heteroatoms. The quantitative estimate of drug-likeness (QED) is 0.762. The van der Waals surface area contributed by atoms with Crippen molar-refractivity contribution in [1.29, 1.82) is 0 Å². The van der Waals surface area contributed by atoms with Gasteiger partial charge in [-0.2, -0.15) is 0 Å². The number of benzene rings is 1. The molecule has 0 saturated heterocycles. The van der Waals surface area contributed by atoms with E-state index in [-0.39, 0.29) is 0 Å². The number of nitrogens with two attached hydrogens (primary N) is 1. The molecule has 0 amide bonds. The van der Waals surface area contributed by atoms with Crippen molar-refractivity contribution in [3.63, 3.8) is 0 Å². The van der Waals surface area contributed by atoms with E-state index in [9.17, 15) is 0 Å². The van der Waals surface area contributed by atoms with Crippen LogP contribution in [0.4, 0.5) is 11.4 Å². The first-order valence-electron chi connectivity index (χ1n) is 4.07. The summed E-state index contributed by atoms with van der Waals surface area (Å²) in [5.74, 6) is 0. The van der Waals surface area contributed by atoms with Gasteiger partial charge in [-0.05, 0) is 31.0 Å². The monoisotopic (exact) mass is 226 g/mol. The fourth-order valence-electron chi connectivity index (χ4n) is 1.11. The lowest BCUT2D eigenvalue weighted by atomic mass is 10.2. The summed E-state index contributed by atoms with van der Waals surface area (Å²) in [7, 11) is 0. The van der Waals surface area contributed by atoms with Crippen LogP contribution < -0.4 is 11.1 Å². The summed E-state index contributed by atoms with van der Waals surface area (Å²) in [6.07, 6.45) is 2.55. The van der Waals surface area contributed by atoms with Gasteiger partial charge in [-0.1, -0.05) is 15.9 Å². The van der Waals surface area contributed by atoms with Gasteiger partial charge in [-0.25, -0.2) is 0 Å². The van der Waals surface area contributed by atoms with Gasteiger partial charge in [0.25, 0.3) is 0 Å². The largest absolute Gasteiger partial charge is 0.397 e. The van der Waals surface area contributed by atoms with Gasteiger partial charge in [0.1, 0.15) is 0 Å². The van der Waals surface area contributed by atoms with E-state index in [1.807, 2.05) is 18.2 Å². The Balaban J connectivity index is 2.18.